The Hall–Kier alpha value is -2.12. The number of aliphatic hydroxyl groups excluding tert-OH is 1. The smallest absolute Gasteiger partial charge is 0.143 e. The van der Waals surface area contributed by atoms with Gasteiger partial charge in [0.15, 0.2) is 0 Å². The van der Waals surface area contributed by atoms with E-state index in [1.165, 1.54) is 0 Å². The molecule has 0 aliphatic heterocycles. The van der Waals surface area contributed by atoms with E-state index in [4.69, 9.17) is 19.3 Å². The van der Waals surface area contributed by atoms with Crippen LogP contribution in [0.4, 0.5) is 0 Å². The van der Waals surface area contributed by atoms with Crippen molar-refractivity contribution in [1.82, 2.24) is 0 Å². The maximum absolute atomic E-state index is 9.10. The highest BCUT2D eigenvalue weighted by atomic mass is 33.1. The molecule has 6 heteroatoms. The minimum absolute atomic E-state index is 0.237. The van der Waals surface area contributed by atoms with Crippen molar-refractivity contribution in [2.75, 3.05) is 33.2 Å². The van der Waals surface area contributed by atoms with Crippen LogP contribution in [0.3, 0.4) is 0 Å². The fourth-order valence-corrected chi connectivity index (χ4v) is 6.21. The molecule has 4 nitrogen and oxygen atoms in total. The zero-order valence-corrected chi connectivity index (χ0v) is 21.7. The molecule has 3 aromatic rings. The highest BCUT2D eigenvalue weighted by Gasteiger charge is 2.37. The van der Waals surface area contributed by atoms with Gasteiger partial charge in [0, 0.05) is 24.2 Å². The zero-order valence-electron chi connectivity index (χ0n) is 20.1. The van der Waals surface area contributed by atoms with E-state index in [0.29, 0.717) is 11.9 Å². The predicted molar refractivity (Wildman–Crippen MR) is 144 cm³/mol. The molecule has 1 N–H and O–H groups in total. The van der Waals surface area contributed by atoms with Crippen LogP contribution in [0.2, 0.25) is 0 Å². The van der Waals surface area contributed by atoms with Crippen LogP contribution in [0.5, 0.6) is 11.5 Å². The molecule has 1 atom stereocenters. The summed E-state index contributed by atoms with van der Waals surface area (Å²) in [6.07, 6.45) is 1.74. The molecule has 3 aromatic carbocycles. The van der Waals surface area contributed by atoms with Gasteiger partial charge in [-0.1, -0.05) is 83.1 Å². The maximum atomic E-state index is 9.10. The third-order valence-corrected chi connectivity index (χ3v) is 8.68. The van der Waals surface area contributed by atoms with Crippen molar-refractivity contribution < 1.29 is 19.3 Å². The van der Waals surface area contributed by atoms with Crippen LogP contribution in [0, 0.1) is 0 Å². The average Bonchev–Trinajstić information content (AvgIpc) is 2.89. The molecular formula is C28H34O4S2. The van der Waals surface area contributed by atoms with E-state index in [9.17, 15) is 0 Å². The monoisotopic (exact) mass is 498 g/mol. The number of rotatable bonds is 14. The molecule has 0 aromatic heterocycles. The standard InChI is InChI=1S/C28H34O4S2/c1-22(18-19-29)34-33-21-7-20-32-28(23-8-5-4-6-9-23,24-10-14-26(30-2)15-11-24)25-12-16-27(31-3)17-13-25/h4-6,8-17,22,29H,7,18-21H2,1-3H3. The summed E-state index contributed by atoms with van der Waals surface area (Å²) < 4.78 is 17.7. The van der Waals surface area contributed by atoms with Crippen molar-refractivity contribution in [3.63, 3.8) is 0 Å². The molecule has 3 rings (SSSR count). The first-order valence-corrected chi connectivity index (χ1v) is 13.9. The summed E-state index contributed by atoms with van der Waals surface area (Å²) in [6.45, 7) is 2.99. The maximum Gasteiger partial charge on any atom is 0.143 e. The molecule has 1 unspecified atom stereocenters. The lowest BCUT2D eigenvalue weighted by atomic mass is 9.80. The van der Waals surface area contributed by atoms with E-state index in [-0.39, 0.29) is 6.61 Å². The minimum Gasteiger partial charge on any atom is -0.497 e. The predicted octanol–water partition coefficient (Wildman–Crippen LogP) is 6.55. The minimum atomic E-state index is -0.762. The van der Waals surface area contributed by atoms with Crippen LogP contribution >= 0.6 is 21.6 Å². The van der Waals surface area contributed by atoms with Crippen LogP contribution in [0.25, 0.3) is 0 Å². The van der Waals surface area contributed by atoms with Crippen molar-refractivity contribution in [3.05, 3.63) is 95.6 Å². The molecule has 0 saturated carbocycles. The molecule has 0 fully saturated rings. The van der Waals surface area contributed by atoms with Gasteiger partial charge in [0.2, 0.25) is 0 Å². The SMILES string of the molecule is COc1ccc(C(OCCCSSC(C)CCO)(c2ccccc2)c2ccc(OC)cc2)cc1. The lowest BCUT2D eigenvalue weighted by Crippen LogP contribution is -2.33. The molecule has 0 saturated heterocycles. The topological polar surface area (TPSA) is 47.9 Å². The fourth-order valence-electron chi connectivity index (χ4n) is 3.81. The van der Waals surface area contributed by atoms with E-state index < -0.39 is 5.60 Å². The Morgan fingerprint density at radius 3 is 1.82 bits per heavy atom. The molecule has 182 valence electrons. The second kappa shape index (κ2) is 13.7. The van der Waals surface area contributed by atoms with Gasteiger partial charge in [0.25, 0.3) is 0 Å². The van der Waals surface area contributed by atoms with Gasteiger partial charge in [-0.05, 0) is 53.8 Å². The van der Waals surface area contributed by atoms with E-state index in [1.54, 1.807) is 14.2 Å². The molecule has 0 radical (unpaired) electrons. The fraction of sp³-hybridized carbons (Fsp3) is 0.357. The van der Waals surface area contributed by atoms with Gasteiger partial charge in [-0.3, -0.25) is 0 Å². The van der Waals surface area contributed by atoms with Crippen LogP contribution in [-0.4, -0.2) is 43.5 Å². The summed E-state index contributed by atoms with van der Waals surface area (Å²) in [7, 11) is 7.03. The summed E-state index contributed by atoms with van der Waals surface area (Å²) in [4.78, 5) is 0. The largest absolute Gasteiger partial charge is 0.497 e. The first-order chi connectivity index (χ1) is 16.6. The number of ether oxygens (including phenoxy) is 3. The third kappa shape index (κ3) is 6.72. The summed E-state index contributed by atoms with van der Waals surface area (Å²) in [5.74, 6) is 2.60. The zero-order chi connectivity index (χ0) is 24.2. The quantitative estimate of drug-likeness (QED) is 0.154. The first-order valence-electron chi connectivity index (χ1n) is 11.5. The number of aliphatic hydroxyl groups is 1. The summed E-state index contributed by atoms with van der Waals surface area (Å²) in [5.41, 5.74) is 2.40. The van der Waals surface area contributed by atoms with Crippen molar-refractivity contribution in [1.29, 1.82) is 0 Å². The van der Waals surface area contributed by atoms with Crippen molar-refractivity contribution in [2.24, 2.45) is 0 Å². The van der Waals surface area contributed by atoms with Crippen molar-refractivity contribution >= 4 is 21.6 Å². The van der Waals surface area contributed by atoms with Crippen LogP contribution in [0.15, 0.2) is 78.9 Å². The molecular weight excluding hydrogens is 464 g/mol. The Bertz CT molecular complexity index is 914. The second-order valence-corrected chi connectivity index (χ2v) is 10.9. The van der Waals surface area contributed by atoms with Gasteiger partial charge >= 0.3 is 0 Å². The average molecular weight is 499 g/mol. The van der Waals surface area contributed by atoms with E-state index >= 15 is 0 Å². The molecule has 0 bridgehead atoms. The van der Waals surface area contributed by atoms with E-state index in [0.717, 1.165) is 46.8 Å². The highest BCUT2D eigenvalue weighted by Crippen LogP contribution is 2.42. The molecule has 0 aliphatic carbocycles. The van der Waals surface area contributed by atoms with E-state index in [1.807, 2.05) is 51.9 Å². The van der Waals surface area contributed by atoms with E-state index in [2.05, 4.69) is 55.5 Å². The molecule has 0 heterocycles. The molecule has 0 spiro atoms. The van der Waals surface area contributed by atoms with Crippen LogP contribution in [0.1, 0.15) is 36.5 Å². The lowest BCUT2D eigenvalue weighted by molar-refractivity contribution is 0.0137. The summed E-state index contributed by atoms with van der Waals surface area (Å²) in [5, 5.41) is 9.54. The third-order valence-electron chi connectivity index (χ3n) is 5.63. The Morgan fingerprint density at radius 2 is 1.32 bits per heavy atom. The van der Waals surface area contributed by atoms with Crippen molar-refractivity contribution in [3.8, 4) is 11.5 Å². The molecule has 0 aliphatic rings. The van der Waals surface area contributed by atoms with Gasteiger partial charge in [0.05, 0.1) is 14.2 Å². The van der Waals surface area contributed by atoms with Crippen LogP contribution < -0.4 is 9.47 Å². The Kier molecular flexibility index (Phi) is 10.7. The van der Waals surface area contributed by atoms with Gasteiger partial charge in [0.1, 0.15) is 17.1 Å². The normalized spacial score (nSPS) is 12.4. The number of hydrogen-bond donors (Lipinski definition) is 1. The first kappa shape index (κ1) is 26.5. The van der Waals surface area contributed by atoms with Gasteiger partial charge < -0.3 is 19.3 Å². The van der Waals surface area contributed by atoms with Gasteiger partial charge in [-0.25, -0.2) is 0 Å². The Labute approximate surface area is 211 Å². The molecule has 34 heavy (non-hydrogen) atoms. The Morgan fingerprint density at radius 1 is 0.794 bits per heavy atom. The summed E-state index contributed by atoms with van der Waals surface area (Å²) in [6, 6.07) is 26.6. The van der Waals surface area contributed by atoms with Gasteiger partial charge in [-0.15, -0.1) is 0 Å². The number of hydrogen-bond acceptors (Lipinski definition) is 6. The number of benzene rings is 3. The van der Waals surface area contributed by atoms with Gasteiger partial charge in [-0.2, -0.15) is 0 Å². The van der Waals surface area contributed by atoms with Crippen LogP contribution in [-0.2, 0) is 10.3 Å². The molecule has 0 amide bonds. The summed E-state index contributed by atoms with van der Waals surface area (Å²) >= 11 is 0. The Balaban J connectivity index is 1.91. The lowest BCUT2D eigenvalue weighted by Gasteiger charge is -2.36. The van der Waals surface area contributed by atoms with Crippen molar-refractivity contribution in [2.45, 2.75) is 30.6 Å². The highest BCUT2D eigenvalue weighted by molar-refractivity contribution is 8.76. The second-order valence-electron chi connectivity index (χ2n) is 7.95. The number of methoxy groups -OCH3 is 2.